The summed E-state index contributed by atoms with van der Waals surface area (Å²) in [6.45, 7) is 1.98. The molecule has 20 heavy (non-hydrogen) atoms. The number of hydrogen-bond donors (Lipinski definition) is 0. The average Bonchev–Trinajstić information content (AvgIpc) is 2.37. The molecule has 0 amide bonds. The smallest absolute Gasteiger partial charge is 0.159 e. The van der Waals surface area contributed by atoms with Crippen molar-refractivity contribution in [3.8, 4) is 6.07 Å². The molecule has 1 aromatic carbocycles. The van der Waals surface area contributed by atoms with E-state index in [1.165, 1.54) is 0 Å². The molecule has 0 aromatic heterocycles. The van der Waals surface area contributed by atoms with Gasteiger partial charge in [-0.2, -0.15) is 5.26 Å². The number of nitrogens with zero attached hydrogens (tertiary/aromatic N) is 1. The van der Waals surface area contributed by atoms with Crippen LogP contribution < -0.4 is 0 Å². The number of fused-ring (bicyclic) bond motifs is 2. The highest BCUT2D eigenvalue weighted by atomic mass is 32.2. The second kappa shape index (κ2) is 4.75. The topological polar surface area (TPSA) is 57.9 Å². The number of aryl methyl sites for hydroxylation is 1. The number of nitriles is 1. The van der Waals surface area contributed by atoms with Crippen LogP contribution in [-0.4, -0.2) is 18.9 Å². The van der Waals surface area contributed by atoms with Gasteiger partial charge in [-0.15, -0.1) is 0 Å². The Morgan fingerprint density at radius 2 is 2.10 bits per heavy atom. The fraction of sp³-hybridized carbons (Fsp3) is 0.438. The van der Waals surface area contributed by atoms with E-state index in [1.807, 2.05) is 31.2 Å². The summed E-state index contributed by atoms with van der Waals surface area (Å²) in [6, 6.07) is 7.89. The summed E-state index contributed by atoms with van der Waals surface area (Å²) in [5.74, 6) is 0. The molecule has 2 bridgehead atoms. The number of hydrogen-bond acceptors (Lipinski definition) is 3. The van der Waals surface area contributed by atoms with E-state index >= 15 is 0 Å². The van der Waals surface area contributed by atoms with E-state index in [-0.39, 0.29) is 10.5 Å². The predicted octanol–water partition coefficient (Wildman–Crippen LogP) is 2.99. The summed E-state index contributed by atoms with van der Waals surface area (Å²) in [7, 11) is -3.00. The van der Waals surface area contributed by atoms with Crippen LogP contribution in [0.15, 0.2) is 24.3 Å². The Morgan fingerprint density at radius 3 is 2.80 bits per heavy atom. The molecule has 0 radical (unpaired) electrons. The van der Waals surface area contributed by atoms with Gasteiger partial charge in [0.15, 0.2) is 9.84 Å². The zero-order valence-electron chi connectivity index (χ0n) is 11.5. The van der Waals surface area contributed by atoms with Gasteiger partial charge in [0, 0.05) is 0 Å². The fourth-order valence-corrected chi connectivity index (χ4v) is 5.68. The van der Waals surface area contributed by atoms with Gasteiger partial charge < -0.3 is 0 Å². The minimum Gasteiger partial charge on any atom is -0.228 e. The van der Waals surface area contributed by atoms with Gasteiger partial charge in [0.25, 0.3) is 0 Å². The van der Waals surface area contributed by atoms with Crippen LogP contribution in [0.2, 0.25) is 0 Å². The largest absolute Gasteiger partial charge is 0.228 e. The molecule has 2 unspecified atom stereocenters. The lowest BCUT2D eigenvalue weighted by molar-refractivity contribution is 0.518. The van der Waals surface area contributed by atoms with Crippen molar-refractivity contribution < 1.29 is 8.42 Å². The summed E-state index contributed by atoms with van der Waals surface area (Å²) in [4.78, 5) is 0. The van der Waals surface area contributed by atoms with Gasteiger partial charge in [0.2, 0.25) is 0 Å². The van der Waals surface area contributed by atoms with Crippen molar-refractivity contribution in [2.75, 3.05) is 0 Å². The molecule has 2 heterocycles. The standard InChI is InChI=1S/C16H17NO2S/c1-11-4-2-5-12(10-17)16(11)13-8-14-6-3-7-15(9-13)20(14,18)19/h2,4-5,8,14-15H,3,6-7,9H2,1H3. The first-order chi connectivity index (χ1) is 9.54. The number of rotatable bonds is 1. The minimum atomic E-state index is -3.00. The van der Waals surface area contributed by atoms with E-state index in [0.717, 1.165) is 36.0 Å². The third-order valence-electron chi connectivity index (χ3n) is 4.45. The minimum absolute atomic E-state index is 0.257. The Hall–Kier alpha value is -1.60. The Balaban J connectivity index is 2.14. The summed E-state index contributed by atoms with van der Waals surface area (Å²) in [5.41, 5.74) is 3.69. The van der Waals surface area contributed by atoms with Crippen LogP contribution in [0.3, 0.4) is 0 Å². The van der Waals surface area contributed by atoms with E-state index in [2.05, 4.69) is 6.07 Å². The van der Waals surface area contributed by atoms with Gasteiger partial charge in [-0.1, -0.05) is 24.6 Å². The SMILES string of the molecule is Cc1cccc(C#N)c1C1=CC2CCCC(C1)S2(=O)=O. The van der Waals surface area contributed by atoms with Gasteiger partial charge in [-0.3, -0.25) is 0 Å². The van der Waals surface area contributed by atoms with Crippen molar-refractivity contribution >= 4 is 15.4 Å². The first-order valence-corrected chi connectivity index (χ1v) is 8.58. The molecular weight excluding hydrogens is 270 g/mol. The summed E-state index contributed by atoms with van der Waals surface area (Å²) >= 11 is 0. The second-order valence-electron chi connectivity index (χ2n) is 5.69. The maximum absolute atomic E-state index is 12.3. The summed E-state index contributed by atoms with van der Waals surface area (Å²) < 4.78 is 24.6. The molecule has 1 fully saturated rings. The maximum Gasteiger partial charge on any atom is 0.159 e. The van der Waals surface area contributed by atoms with Crippen LogP contribution in [0.4, 0.5) is 0 Å². The van der Waals surface area contributed by atoms with Crippen LogP contribution in [0.5, 0.6) is 0 Å². The van der Waals surface area contributed by atoms with E-state index in [4.69, 9.17) is 0 Å². The van der Waals surface area contributed by atoms with E-state index in [0.29, 0.717) is 12.0 Å². The average molecular weight is 287 g/mol. The number of sulfone groups is 1. The monoisotopic (exact) mass is 287 g/mol. The first kappa shape index (κ1) is 13.4. The van der Waals surface area contributed by atoms with Crippen LogP contribution in [0.1, 0.15) is 42.4 Å². The molecule has 2 atom stereocenters. The molecule has 3 nitrogen and oxygen atoms in total. The molecule has 0 aliphatic carbocycles. The molecule has 4 heteroatoms. The highest BCUT2D eigenvalue weighted by Gasteiger charge is 2.40. The fourth-order valence-electron chi connectivity index (χ4n) is 3.43. The second-order valence-corrected chi connectivity index (χ2v) is 8.14. The van der Waals surface area contributed by atoms with Crippen LogP contribution in [0, 0.1) is 18.3 Å². The molecule has 1 saturated heterocycles. The molecule has 1 aromatic rings. The van der Waals surface area contributed by atoms with Crippen LogP contribution in [0.25, 0.3) is 5.57 Å². The van der Waals surface area contributed by atoms with Crippen molar-refractivity contribution in [3.05, 3.63) is 41.0 Å². The molecule has 0 spiro atoms. The van der Waals surface area contributed by atoms with Gasteiger partial charge in [0.05, 0.1) is 22.1 Å². The Labute approximate surface area is 119 Å². The van der Waals surface area contributed by atoms with Crippen molar-refractivity contribution in [2.45, 2.75) is 43.1 Å². The molecule has 0 N–H and O–H groups in total. The highest BCUT2D eigenvalue weighted by molar-refractivity contribution is 7.93. The van der Waals surface area contributed by atoms with Crippen molar-refractivity contribution in [1.29, 1.82) is 5.26 Å². The van der Waals surface area contributed by atoms with E-state index in [9.17, 15) is 13.7 Å². The lowest BCUT2D eigenvalue weighted by Gasteiger charge is -2.34. The van der Waals surface area contributed by atoms with E-state index in [1.54, 1.807) is 0 Å². The van der Waals surface area contributed by atoms with Crippen molar-refractivity contribution in [3.63, 3.8) is 0 Å². The van der Waals surface area contributed by atoms with Crippen LogP contribution >= 0.6 is 0 Å². The summed E-state index contributed by atoms with van der Waals surface area (Å²) in [5, 5.41) is 8.68. The molecule has 3 rings (SSSR count). The van der Waals surface area contributed by atoms with Gasteiger partial charge in [-0.25, -0.2) is 8.42 Å². The van der Waals surface area contributed by atoms with Gasteiger partial charge in [-0.05, 0) is 49.0 Å². The van der Waals surface area contributed by atoms with Gasteiger partial charge >= 0.3 is 0 Å². The van der Waals surface area contributed by atoms with Crippen LogP contribution in [-0.2, 0) is 9.84 Å². The molecule has 0 saturated carbocycles. The van der Waals surface area contributed by atoms with E-state index < -0.39 is 9.84 Å². The predicted molar refractivity (Wildman–Crippen MR) is 78.8 cm³/mol. The lowest BCUT2D eigenvalue weighted by atomic mass is 9.88. The maximum atomic E-state index is 12.3. The molecule has 2 aliphatic heterocycles. The quantitative estimate of drug-likeness (QED) is 0.798. The van der Waals surface area contributed by atoms with Crippen molar-refractivity contribution in [2.24, 2.45) is 0 Å². The molecule has 104 valence electrons. The summed E-state index contributed by atoms with van der Waals surface area (Å²) in [6.07, 6.45) is 4.91. The highest BCUT2D eigenvalue weighted by Crippen LogP contribution is 2.40. The number of benzene rings is 1. The Bertz CT molecular complexity index is 725. The molecular formula is C16H17NO2S. The third-order valence-corrected chi connectivity index (χ3v) is 7.00. The van der Waals surface area contributed by atoms with Gasteiger partial charge in [0.1, 0.15) is 0 Å². The molecule has 2 aliphatic rings. The zero-order valence-corrected chi connectivity index (χ0v) is 12.3. The lowest BCUT2D eigenvalue weighted by Crippen LogP contribution is -2.38. The third kappa shape index (κ3) is 1.97. The van der Waals surface area contributed by atoms with Crippen molar-refractivity contribution in [1.82, 2.24) is 0 Å². The first-order valence-electron chi connectivity index (χ1n) is 6.97. The Kier molecular flexibility index (Phi) is 3.18. The normalized spacial score (nSPS) is 27.5. The zero-order chi connectivity index (χ0) is 14.3. The Morgan fingerprint density at radius 1 is 1.30 bits per heavy atom. The number of allylic oxidation sites excluding steroid dienone is 1.